The van der Waals surface area contributed by atoms with Crippen LogP contribution in [0.2, 0.25) is 0 Å². The molecule has 5 heteroatoms. The molecule has 3 rings (SSSR count). The van der Waals surface area contributed by atoms with Crippen molar-refractivity contribution in [3.8, 4) is 9.88 Å². The molecule has 0 saturated heterocycles. The number of thiazole rings is 2. The van der Waals surface area contributed by atoms with Gasteiger partial charge >= 0.3 is 0 Å². The summed E-state index contributed by atoms with van der Waals surface area (Å²) >= 11 is 3.37. The third-order valence-electron chi connectivity index (χ3n) is 3.13. The van der Waals surface area contributed by atoms with Crippen molar-refractivity contribution in [3.63, 3.8) is 0 Å². The van der Waals surface area contributed by atoms with Crippen LogP contribution >= 0.6 is 22.7 Å². The minimum absolute atomic E-state index is 0.146. The Bertz CT molecular complexity index is 528. The fourth-order valence-corrected chi connectivity index (χ4v) is 4.18. The molecule has 90 valence electrons. The van der Waals surface area contributed by atoms with Crippen molar-refractivity contribution in [2.75, 3.05) is 0 Å². The van der Waals surface area contributed by atoms with E-state index < -0.39 is 0 Å². The van der Waals surface area contributed by atoms with Crippen LogP contribution in [0, 0.1) is 5.41 Å². The maximum Gasteiger partial charge on any atom is 0.135 e. The summed E-state index contributed by atoms with van der Waals surface area (Å²) in [7, 11) is 0. The molecule has 0 fully saturated rings. The highest BCUT2D eigenvalue weighted by Gasteiger charge is 2.33. The summed E-state index contributed by atoms with van der Waals surface area (Å²) in [6.07, 6.45) is 3.96. The quantitative estimate of drug-likeness (QED) is 0.861. The van der Waals surface area contributed by atoms with Gasteiger partial charge in [-0.15, -0.1) is 22.7 Å². The third kappa shape index (κ3) is 2.03. The molecule has 2 aromatic rings. The second-order valence-electron chi connectivity index (χ2n) is 5.35. The molecule has 1 unspecified atom stereocenters. The first kappa shape index (κ1) is 11.3. The molecule has 1 atom stereocenters. The molecular weight excluding hydrogens is 250 g/mol. The lowest BCUT2D eigenvalue weighted by molar-refractivity contribution is 0.282. The SMILES string of the molecule is CC1(C)Cc2nc(-c3cncs3)sc2C(N)C1. The summed E-state index contributed by atoms with van der Waals surface area (Å²) in [6, 6.07) is 0.146. The number of hydrogen-bond donors (Lipinski definition) is 1. The normalized spacial score (nSPS) is 22.4. The number of aromatic nitrogens is 2. The Morgan fingerprint density at radius 3 is 3.00 bits per heavy atom. The molecule has 0 aliphatic heterocycles. The molecule has 1 aliphatic carbocycles. The van der Waals surface area contributed by atoms with Gasteiger partial charge in [-0.25, -0.2) is 4.98 Å². The maximum atomic E-state index is 6.25. The van der Waals surface area contributed by atoms with Gasteiger partial charge in [0, 0.05) is 17.1 Å². The number of rotatable bonds is 1. The lowest BCUT2D eigenvalue weighted by Gasteiger charge is -2.32. The number of nitrogens with zero attached hydrogens (tertiary/aromatic N) is 2. The van der Waals surface area contributed by atoms with Crippen LogP contribution in [0.4, 0.5) is 0 Å². The van der Waals surface area contributed by atoms with Gasteiger partial charge in [0.1, 0.15) is 5.01 Å². The van der Waals surface area contributed by atoms with E-state index >= 15 is 0 Å². The standard InChI is InChI=1S/C12H15N3S2/c1-12(2)3-7(13)10-8(4-12)15-11(17-10)9-5-14-6-16-9/h5-7H,3-4,13H2,1-2H3. The maximum absolute atomic E-state index is 6.25. The highest BCUT2D eigenvalue weighted by atomic mass is 32.1. The van der Waals surface area contributed by atoms with Crippen LogP contribution in [0.25, 0.3) is 9.88 Å². The van der Waals surface area contributed by atoms with Crippen molar-refractivity contribution in [1.29, 1.82) is 0 Å². The van der Waals surface area contributed by atoms with Crippen molar-refractivity contribution in [2.45, 2.75) is 32.7 Å². The second-order valence-corrected chi connectivity index (χ2v) is 7.26. The molecule has 0 bridgehead atoms. The zero-order valence-corrected chi connectivity index (χ0v) is 11.6. The molecule has 17 heavy (non-hydrogen) atoms. The fraction of sp³-hybridized carbons (Fsp3) is 0.500. The third-order valence-corrected chi connectivity index (χ3v) is 5.30. The van der Waals surface area contributed by atoms with Crippen molar-refractivity contribution < 1.29 is 0 Å². The molecule has 2 aromatic heterocycles. The van der Waals surface area contributed by atoms with Crippen molar-refractivity contribution >= 4 is 22.7 Å². The smallest absolute Gasteiger partial charge is 0.135 e. The van der Waals surface area contributed by atoms with Gasteiger partial charge in [-0.2, -0.15) is 0 Å². The van der Waals surface area contributed by atoms with Crippen molar-refractivity contribution in [1.82, 2.24) is 9.97 Å². The molecule has 0 amide bonds. The van der Waals surface area contributed by atoms with E-state index in [-0.39, 0.29) is 11.5 Å². The second kappa shape index (κ2) is 3.86. The lowest BCUT2D eigenvalue weighted by Crippen LogP contribution is -2.28. The van der Waals surface area contributed by atoms with Crippen LogP contribution in [-0.2, 0) is 6.42 Å². The predicted molar refractivity (Wildman–Crippen MR) is 72.3 cm³/mol. The summed E-state index contributed by atoms with van der Waals surface area (Å²) in [6.45, 7) is 4.53. The Morgan fingerprint density at radius 2 is 2.29 bits per heavy atom. The molecule has 0 aromatic carbocycles. The van der Waals surface area contributed by atoms with Crippen LogP contribution in [-0.4, -0.2) is 9.97 Å². The Kier molecular flexibility index (Phi) is 2.57. The van der Waals surface area contributed by atoms with Gasteiger partial charge in [0.15, 0.2) is 0 Å². The average Bonchev–Trinajstić information content (AvgIpc) is 2.81. The summed E-state index contributed by atoms with van der Waals surface area (Å²) < 4.78 is 0. The first-order chi connectivity index (χ1) is 8.05. The van der Waals surface area contributed by atoms with Crippen molar-refractivity contribution in [3.05, 3.63) is 22.3 Å². The summed E-state index contributed by atoms with van der Waals surface area (Å²) in [5.74, 6) is 0. The van der Waals surface area contributed by atoms with Gasteiger partial charge in [0.25, 0.3) is 0 Å². The summed E-state index contributed by atoms with van der Waals surface area (Å²) in [4.78, 5) is 11.3. The first-order valence-corrected chi connectivity index (χ1v) is 7.39. The van der Waals surface area contributed by atoms with Gasteiger partial charge < -0.3 is 5.73 Å². The summed E-state index contributed by atoms with van der Waals surface area (Å²) in [5.41, 5.74) is 9.56. The van der Waals surface area contributed by atoms with E-state index in [1.165, 1.54) is 10.6 Å². The molecule has 3 nitrogen and oxygen atoms in total. The molecule has 0 radical (unpaired) electrons. The van der Waals surface area contributed by atoms with Gasteiger partial charge in [-0.1, -0.05) is 13.8 Å². The molecule has 2 N–H and O–H groups in total. The molecule has 2 heterocycles. The molecule has 0 spiro atoms. The Hall–Kier alpha value is -0.780. The minimum Gasteiger partial charge on any atom is -0.323 e. The van der Waals surface area contributed by atoms with Crippen LogP contribution in [0.3, 0.4) is 0 Å². The average molecular weight is 265 g/mol. The summed E-state index contributed by atoms with van der Waals surface area (Å²) in [5, 5.41) is 1.07. The van der Waals surface area contributed by atoms with E-state index in [9.17, 15) is 0 Å². The predicted octanol–water partition coefficient (Wildman–Crippen LogP) is 3.24. The van der Waals surface area contributed by atoms with Gasteiger partial charge in [0.2, 0.25) is 0 Å². The van der Waals surface area contributed by atoms with E-state index in [2.05, 4.69) is 18.8 Å². The highest BCUT2D eigenvalue weighted by Crippen LogP contribution is 2.44. The number of nitrogens with two attached hydrogens (primary N) is 1. The fourth-order valence-electron chi connectivity index (χ4n) is 2.42. The monoisotopic (exact) mass is 265 g/mol. The van der Waals surface area contributed by atoms with Gasteiger partial charge in [0.05, 0.1) is 16.1 Å². The Morgan fingerprint density at radius 1 is 1.47 bits per heavy atom. The van der Waals surface area contributed by atoms with E-state index in [4.69, 9.17) is 10.7 Å². The zero-order chi connectivity index (χ0) is 12.0. The van der Waals surface area contributed by atoms with Gasteiger partial charge in [-0.3, -0.25) is 4.98 Å². The van der Waals surface area contributed by atoms with Gasteiger partial charge in [-0.05, 0) is 18.3 Å². The molecular formula is C12H15N3S2. The van der Waals surface area contributed by atoms with E-state index in [0.29, 0.717) is 0 Å². The topological polar surface area (TPSA) is 51.8 Å². The van der Waals surface area contributed by atoms with E-state index in [1.807, 2.05) is 11.7 Å². The zero-order valence-electron chi connectivity index (χ0n) is 9.93. The number of fused-ring (bicyclic) bond motifs is 1. The first-order valence-electron chi connectivity index (χ1n) is 5.69. The van der Waals surface area contributed by atoms with Crippen LogP contribution in [0.5, 0.6) is 0 Å². The number of hydrogen-bond acceptors (Lipinski definition) is 5. The minimum atomic E-state index is 0.146. The van der Waals surface area contributed by atoms with E-state index in [1.54, 1.807) is 22.7 Å². The van der Waals surface area contributed by atoms with Crippen LogP contribution in [0.15, 0.2) is 11.7 Å². The largest absolute Gasteiger partial charge is 0.323 e. The van der Waals surface area contributed by atoms with E-state index in [0.717, 1.165) is 22.7 Å². The molecule has 0 saturated carbocycles. The van der Waals surface area contributed by atoms with Crippen LogP contribution < -0.4 is 5.73 Å². The highest BCUT2D eigenvalue weighted by molar-refractivity contribution is 7.20. The Balaban J connectivity index is 2.04. The van der Waals surface area contributed by atoms with Crippen molar-refractivity contribution in [2.24, 2.45) is 11.1 Å². The lowest BCUT2D eigenvalue weighted by atomic mass is 9.77. The molecule has 1 aliphatic rings. The Labute approximate surface area is 109 Å². The van der Waals surface area contributed by atoms with Crippen LogP contribution in [0.1, 0.15) is 36.9 Å².